The molecule has 5 rings (SSSR count). The van der Waals surface area contributed by atoms with Crippen LogP contribution in [0.1, 0.15) is 30.1 Å². The van der Waals surface area contributed by atoms with Crippen molar-refractivity contribution in [1.29, 1.82) is 0 Å². The van der Waals surface area contributed by atoms with Crippen molar-refractivity contribution in [2.24, 2.45) is 0 Å². The lowest BCUT2D eigenvalue weighted by molar-refractivity contribution is 0.144. The highest BCUT2D eigenvalue weighted by Gasteiger charge is 2.35. The number of aromatic nitrogens is 3. The van der Waals surface area contributed by atoms with Gasteiger partial charge in [0, 0.05) is 18.8 Å². The molecule has 4 heterocycles. The normalized spacial score (nSPS) is 15.7. The fourth-order valence-electron chi connectivity index (χ4n) is 3.73. The average molecular weight is 382 g/mol. The van der Waals surface area contributed by atoms with Gasteiger partial charge < -0.3 is 19.3 Å². The zero-order chi connectivity index (χ0) is 19.4. The van der Waals surface area contributed by atoms with Crippen molar-refractivity contribution in [3.05, 3.63) is 57.9 Å². The van der Waals surface area contributed by atoms with Crippen molar-refractivity contribution < 1.29 is 19.0 Å². The first-order valence-electron chi connectivity index (χ1n) is 8.85. The van der Waals surface area contributed by atoms with Crippen LogP contribution in [-0.2, 0) is 13.1 Å². The number of ether oxygens (including phenoxy) is 1. The van der Waals surface area contributed by atoms with Gasteiger partial charge in [-0.05, 0) is 30.5 Å². The van der Waals surface area contributed by atoms with E-state index in [2.05, 4.69) is 9.97 Å². The minimum Gasteiger partial charge on any atom is -0.449 e. The highest BCUT2D eigenvalue weighted by Crippen LogP contribution is 2.44. The number of fused-ring (bicyclic) bond motifs is 2. The molecular weight excluding hydrogens is 367 g/mol. The van der Waals surface area contributed by atoms with E-state index >= 15 is 0 Å². The van der Waals surface area contributed by atoms with Gasteiger partial charge in [0.1, 0.15) is 11.5 Å². The number of halogens is 1. The van der Waals surface area contributed by atoms with E-state index in [1.165, 1.54) is 0 Å². The monoisotopic (exact) mass is 382 g/mol. The second kappa shape index (κ2) is 6.01. The van der Waals surface area contributed by atoms with Crippen LogP contribution in [0.25, 0.3) is 11.0 Å². The van der Waals surface area contributed by atoms with Crippen LogP contribution >= 0.6 is 0 Å². The van der Waals surface area contributed by atoms with Gasteiger partial charge in [0.05, 0.1) is 23.8 Å². The lowest BCUT2D eigenvalue weighted by atomic mass is 10.2. The van der Waals surface area contributed by atoms with E-state index in [0.29, 0.717) is 24.6 Å². The minimum atomic E-state index is -1.60. The molecule has 9 heteroatoms. The summed E-state index contributed by atoms with van der Waals surface area (Å²) in [5.41, 5.74) is 1.47. The summed E-state index contributed by atoms with van der Waals surface area (Å²) in [4.78, 5) is 34.7. The number of nitrogens with zero attached hydrogens (tertiary/aromatic N) is 4. The fraction of sp³-hybridized carbons (Fsp3) is 0.263. The predicted octanol–water partition coefficient (Wildman–Crippen LogP) is 2.84. The fourth-order valence-corrected chi connectivity index (χ4v) is 3.73. The van der Waals surface area contributed by atoms with Crippen molar-refractivity contribution in [2.45, 2.75) is 32.0 Å². The number of hydrogen-bond acceptors (Lipinski definition) is 6. The molecule has 8 nitrogen and oxygen atoms in total. The van der Waals surface area contributed by atoms with Crippen molar-refractivity contribution in [3.8, 4) is 5.75 Å². The zero-order valence-corrected chi connectivity index (χ0v) is 14.6. The van der Waals surface area contributed by atoms with Crippen LogP contribution in [0, 0.1) is 5.82 Å². The number of pyridine rings is 3. The van der Waals surface area contributed by atoms with Crippen molar-refractivity contribution >= 4 is 23.0 Å². The van der Waals surface area contributed by atoms with Gasteiger partial charge in [0.15, 0.2) is 5.82 Å². The number of hydrogen-bond donors (Lipinski definition) is 1. The topological polar surface area (TPSA) is 97.6 Å². The summed E-state index contributed by atoms with van der Waals surface area (Å²) in [5.74, 6) is -0.648. The van der Waals surface area contributed by atoms with Gasteiger partial charge in [0.2, 0.25) is 11.2 Å². The molecule has 1 saturated carbocycles. The number of rotatable bonds is 3. The predicted molar refractivity (Wildman–Crippen MR) is 97.0 cm³/mol. The van der Waals surface area contributed by atoms with Gasteiger partial charge >= 0.3 is 6.16 Å². The Balaban J connectivity index is 1.79. The summed E-state index contributed by atoms with van der Waals surface area (Å²) in [5, 5.41) is 9.21. The number of anilines is 1. The van der Waals surface area contributed by atoms with Crippen LogP contribution < -0.4 is 15.1 Å². The molecule has 1 fully saturated rings. The highest BCUT2D eigenvalue weighted by atomic mass is 19.1. The molecule has 3 aromatic rings. The Bertz CT molecular complexity index is 1160. The first-order chi connectivity index (χ1) is 13.5. The Hall–Kier alpha value is -3.49. The number of carboxylic acid groups (broad SMARTS) is 1. The second-order valence-electron chi connectivity index (χ2n) is 6.94. The molecule has 0 aromatic carbocycles. The van der Waals surface area contributed by atoms with Gasteiger partial charge in [-0.15, -0.1) is 0 Å². The molecule has 0 amide bonds. The zero-order valence-electron chi connectivity index (χ0n) is 14.6. The molecule has 0 bridgehead atoms. The van der Waals surface area contributed by atoms with E-state index < -0.39 is 17.4 Å². The van der Waals surface area contributed by atoms with Crippen LogP contribution in [0.2, 0.25) is 0 Å². The van der Waals surface area contributed by atoms with E-state index in [1.54, 1.807) is 10.8 Å². The molecule has 142 valence electrons. The van der Waals surface area contributed by atoms with Crippen LogP contribution in [0.5, 0.6) is 5.75 Å². The molecule has 1 N–H and O–H groups in total. The second-order valence-corrected chi connectivity index (χ2v) is 6.94. The molecular formula is C19H15FN4O4. The molecule has 0 atom stereocenters. The third-order valence-corrected chi connectivity index (χ3v) is 5.03. The molecule has 1 aliphatic carbocycles. The summed E-state index contributed by atoms with van der Waals surface area (Å²) < 4.78 is 20.5. The van der Waals surface area contributed by atoms with Crippen molar-refractivity contribution in [2.75, 3.05) is 4.90 Å². The summed E-state index contributed by atoms with van der Waals surface area (Å²) in [6, 6.07) is 4.88. The Labute approximate surface area is 157 Å². The molecule has 1 aliphatic heterocycles. The molecule has 2 aliphatic rings. The maximum Gasteiger partial charge on any atom is 0.511 e. The SMILES string of the molecule is O=C(O)Oc1c(N2Cc3cccnc3C2)n(C2CC2)c2ncc(F)cc2c1=O. The third kappa shape index (κ3) is 2.58. The van der Waals surface area contributed by atoms with E-state index in [9.17, 15) is 19.1 Å². The van der Waals surface area contributed by atoms with Gasteiger partial charge in [0.25, 0.3) is 0 Å². The van der Waals surface area contributed by atoms with E-state index in [0.717, 1.165) is 36.4 Å². The van der Waals surface area contributed by atoms with Crippen molar-refractivity contribution in [1.82, 2.24) is 14.5 Å². The maximum atomic E-state index is 13.8. The first kappa shape index (κ1) is 16.7. The summed E-state index contributed by atoms with van der Waals surface area (Å²) in [6.45, 7) is 0.864. The van der Waals surface area contributed by atoms with Crippen molar-refractivity contribution in [3.63, 3.8) is 0 Å². The van der Waals surface area contributed by atoms with E-state index in [1.807, 2.05) is 17.0 Å². The van der Waals surface area contributed by atoms with Gasteiger partial charge in [-0.25, -0.2) is 14.2 Å². The van der Waals surface area contributed by atoms with Gasteiger partial charge in [-0.1, -0.05) is 6.07 Å². The standard InChI is InChI=1S/C19H15FN4O4/c20-11-6-13-15(25)16(28-19(26)27)18(24(12-3-4-12)17(13)22-7-11)23-8-10-2-1-5-21-14(10)9-23/h1-2,5-7,12H,3-4,8-9H2,(H,26,27). The molecule has 0 saturated heterocycles. The van der Waals surface area contributed by atoms with Gasteiger partial charge in [-0.2, -0.15) is 0 Å². The minimum absolute atomic E-state index is 0.00161. The smallest absolute Gasteiger partial charge is 0.449 e. The highest BCUT2D eigenvalue weighted by molar-refractivity contribution is 5.83. The number of carbonyl (C=O) groups is 1. The van der Waals surface area contributed by atoms with Crippen LogP contribution in [0.3, 0.4) is 0 Å². The van der Waals surface area contributed by atoms with Gasteiger partial charge in [-0.3, -0.25) is 9.78 Å². The summed E-state index contributed by atoms with van der Waals surface area (Å²) >= 11 is 0. The van der Waals surface area contributed by atoms with E-state index in [-0.39, 0.29) is 17.2 Å². The Morgan fingerprint density at radius 3 is 2.82 bits per heavy atom. The molecule has 0 unspecified atom stereocenters. The lowest BCUT2D eigenvalue weighted by Crippen LogP contribution is -2.27. The maximum absolute atomic E-state index is 13.8. The Kier molecular flexibility index (Phi) is 3.58. The quantitative estimate of drug-likeness (QED) is 0.696. The average Bonchev–Trinajstić information content (AvgIpc) is 3.41. The Morgan fingerprint density at radius 1 is 1.29 bits per heavy atom. The van der Waals surface area contributed by atoms with Crippen LogP contribution in [-0.4, -0.2) is 25.8 Å². The largest absolute Gasteiger partial charge is 0.511 e. The lowest BCUT2D eigenvalue weighted by Gasteiger charge is -2.26. The molecule has 3 aromatic heterocycles. The first-order valence-corrected chi connectivity index (χ1v) is 8.85. The van der Waals surface area contributed by atoms with Crippen LogP contribution in [0.4, 0.5) is 15.0 Å². The molecule has 0 radical (unpaired) electrons. The molecule has 0 spiro atoms. The van der Waals surface area contributed by atoms with Crippen LogP contribution in [0.15, 0.2) is 35.4 Å². The third-order valence-electron chi connectivity index (χ3n) is 5.03. The molecule has 28 heavy (non-hydrogen) atoms. The Morgan fingerprint density at radius 2 is 2.11 bits per heavy atom. The van der Waals surface area contributed by atoms with E-state index in [4.69, 9.17) is 4.74 Å². The summed E-state index contributed by atoms with van der Waals surface area (Å²) in [6.07, 6.45) is 2.86. The summed E-state index contributed by atoms with van der Waals surface area (Å²) in [7, 11) is 0.